The number of para-hydroxylation sites is 1. The van der Waals surface area contributed by atoms with Gasteiger partial charge in [-0.05, 0) is 42.0 Å². The molecular weight excluding hydrogens is 366 g/mol. The number of fused-ring (bicyclic) bond motifs is 1. The van der Waals surface area contributed by atoms with Crippen LogP contribution < -0.4 is 5.56 Å². The van der Waals surface area contributed by atoms with Crippen molar-refractivity contribution in [2.75, 3.05) is 0 Å². The number of thioether (sulfide) groups is 1. The standard InChI is InChI=1S/C21H14F2N2OS/c22-15-10-11-19-17(12-15)20(26)25(16-7-2-1-3-8-16)21(24-19)27-13-14-6-4-5-9-18(14)23/h1-12H,13H2. The van der Waals surface area contributed by atoms with E-state index in [0.717, 1.165) is 0 Å². The quantitative estimate of drug-likeness (QED) is 0.371. The molecule has 0 atom stereocenters. The molecule has 4 rings (SSSR count). The molecule has 27 heavy (non-hydrogen) atoms. The van der Waals surface area contributed by atoms with Crippen LogP contribution >= 0.6 is 11.8 Å². The Kier molecular flexibility index (Phi) is 4.73. The highest BCUT2D eigenvalue weighted by Crippen LogP contribution is 2.25. The van der Waals surface area contributed by atoms with Crippen LogP contribution in [0.5, 0.6) is 0 Å². The van der Waals surface area contributed by atoms with E-state index in [1.807, 2.05) is 18.2 Å². The average Bonchev–Trinajstić information content (AvgIpc) is 2.69. The second-order valence-electron chi connectivity index (χ2n) is 5.91. The first-order valence-corrected chi connectivity index (χ1v) is 9.26. The molecule has 0 spiro atoms. The average molecular weight is 380 g/mol. The lowest BCUT2D eigenvalue weighted by atomic mass is 10.2. The maximum atomic E-state index is 13.9. The Bertz CT molecular complexity index is 1180. The van der Waals surface area contributed by atoms with Gasteiger partial charge in [-0.25, -0.2) is 13.8 Å². The predicted molar refractivity (Wildman–Crippen MR) is 103 cm³/mol. The maximum absolute atomic E-state index is 13.9. The second kappa shape index (κ2) is 7.32. The van der Waals surface area contributed by atoms with Gasteiger partial charge in [0.25, 0.3) is 5.56 Å². The molecule has 0 saturated heterocycles. The van der Waals surface area contributed by atoms with Crippen molar-refractivity contribution in [1.82, 2.24) is 9.55 Å². The minimum Gasteiger partial charge on any atom is -0.268 e. The van der Waals surface area contributed by atoms with Crippen LogP contribution in [-0.2, 0) is 5.75 Å². The molecule has 3 nitrogen and oxygen atoms in total. The minimum atomic E-state index is -0.493. The van der Waals surface area contributed by atoms with E-state index in [1.165, 1.54) is 40.6 Å². The Morgan fingerprint density at radius 2 is 1.67 bits per heavy atom. The molecule has 1 heterocycles. The van der Waals surface area contributed by atoms with Gasteiger partial charge in [0.2, 0.25) is 0 Å². The van der Waals surface area contributed by atoms with Crippen molar-refractivity contribution in [3.63, 3.8) is 0 Å². The van der Waals surface area contributed by atoms with Crippen LogP contribution in [0.15, 0.2) is 82.7 Å². The SMILES string of the molecule is O=c1c2cc(F)ccc2nc(SCc2ccccc2F)n1-c1ccccc1. The molecule has 0 fully saturated rings. The zero-order valence-electron chi connectivity index (χ0n) is 14.1. The van der Waals surface area contributed by atoms with Crippen molar-refractivity contribution in [2.45, 2.75) is 10.9 Å². The van der Waals surface area contributed by atoms with Crippen molar-refractivity contribution >= 4 is 22.7 Å². The number of hydrogen-bond donors (Lipinski definition) is 0. The Morgan fingerprint density at radius 1 is 0.926 bits per heavy atom. The fourth-order valence-electron chi connectivity index (χ4n) is 2.80. The van der Waals surface area contributed by atoms with E-state index in [1.54, 1.807) is 30.3 Å². The molecule has 0 amide bonds. The van der Waals surface area contributed by atoms with Crippen LogP contribution in [-0.4, -0.2) is 9.55 Å². The van der Waals surface area contributed by atoms with Crippen molar-refractivity contribution in [1.29, 1.82) is 0 Å². The first-order valence-electron chi connectivity index (χ1n) is 8.27. The highest BCUT2D eigenvalue weighted by atomic mass is 32.2. The van der Waals surface area contributed by atoms with Crippen LogP contribution in [0.2, 0.25) is 0 Å². The largest absolute Gasteiger partial charge is 0.268 e. The summed E-state index contributed by atoms with van der Waals surface area (Å²) in [7, 11) is 0. The van der Waals surface area contributed by atoms with Gasteiger partial charge in [0, 0.05) is 5.75 Å². The van der Waals surface area contributed by atoms with Crippen molar-refractivity contribution < 1.29 is 8.78 Å². The van der Waals surface area contributed by atoms with E-state index in [9.17, 15) is 13.6 Å². The molecule has 0 aliphatic heterocycles. The number of aromatic nitrogens is 2. The van der Waals surface area contributed by atoms with Crippen molar-refractivity contribution in [3.05, 3.63) is 100 Å². The summed E-state index contributed by atoms with van der Waals surface area (Å²) >= 11 is 1.26. The van der Waals surface area contributed by atoms with E-state index in [-0.39, 0.29) is 16.8 Å². The summed E-state index contributed by atoms with van der Waals surface area (Å²) in [5, 5.41) is 0.627. The van der Waals surface area contributed by atoms with Gasteiger partial charge in [0.1, 0.15) is 11.6 Å². The molecule has 1 aromatic heterocycles. The van der Waals surface area contributed by atoms with E-state index in [0.29, 0.717) is 27.7 Å². The third-order valence-corrected chi connectivity index (χ3v) is 5.12. The van der Waals surface area contributed by atoms with Crippen LogP contribution in [0.4, 0.5) is 8.78 Å². The van der Waals surface area contributed by atoms with Crippen LogP contribution in [0.3, 0.4) is 0 Å². The number of benzene rings is 3. The molecule has 0 bridgehead atoms. The second-order valence-corrected chi connectivity index (χ2v) is 6.85. The monoisotopic (exact) mass is 380 g/mol. The van der Waals surface area contributed by atoms with Gasteiger partial charge in [-0.3, -0.25) is 9.36 Å². The van der Waals surface area contributed by atoms with Crippen LogP contribution in [0.25, 0.3) is 16.6 Å². The molecule has 0 radical (unpaired) electrons. The molecule has 0 N–H and O–H groups in total. The Balaban J connectivity index is 1.86. The van der Waals surface area contributed by atoms with Gasteiger partial charge < -0.3 is 0 Å². The summed E-state index contributed by atoms with van der Waals surface area (Å²) in [5.74, 6) is -0.479. The normalized spacial score (nSPS) is 11.0. The maximum Gasteiger partial charge on any atom is 0.266 e. The zero-order valence-corrected chi connectivity index (χ0v) is 14.9. The Labute approximate surface area is 158 Å². The lowest BCUT2D eigenvalue weighted by Crippen LogP contribution is -2.21. The molecular formula is C21H14F2N2OS. The summed E-state index contributed by atoms with van der Waals surface area (Å²) in [6.45, 7) is 0. The summed E-state index contributed by atoms with van der Waals surface area (Å²) in [6, 6.07) is 19.5. The lowest BCUT2D eigenvalue weighted by Gasteiger charge is -2.13. The summed E-state index contributed by atoms with van der Waals surface area (Å²) < 4.78 is 29.0. The minimum absolute atomic E-state index is 0.203. The Hall–Kier alpha value is -2.99. The molecule has 0 aliphatic rings. The van der Waals surface area contributed by atoms with Gasteiger partial charge in [-0.2, -0.15) is 0 Å². The van der Waals surface area contributed by atoms with Gasteiger partial charge in [0.05, 0.1) is 16.6 Å². The van der Waals surface area contributed by atoms with Crippen LogP contribution in [0.1, 0.15) is 5.56 Å². The summed E-state index contributed by atoms with van der Waals surface area (Å²) in [6.07, 6.45) is 0. The summed E-state index contributed by atoms with van der Waals surface area (Å²) in [4.78, 5) is 17.6. The van der Waals surface area contributed by atoms with E-state index in [4.69, 9.17) is 0 Å². The molecule has 4 aromatic rings. The van der Waals surface area contributed by atoms with Crippen LogP contribution in [0, 0.1) is 11.6 Å². The molecule has 0 saturated carbocycles. The fraction of sp³-hybridized carbons (Fsp3) is 0.0476. The number of rotatable bonds is 4. The van der Waals surface area contributed by atoms with Gasteiger partial charge >= 0.3 is 0 Å². The summed E-state index contributed by atoms with van der Waals surface area (Å²) in [5.41, 5.74) is 1.19. The fourth-order valence-corrected chi connectivity index (χ4v) is 3.80. The van der Waals surface area contributed by atoms with E-state index < -0.39 is 5.82 Å². The third kappa shape index (κ3) is 3.48. The first kappa shape index (κ1) is 17.4. The molecule has 0 unspecified atom stereocenters. The highest BCUT2D eigenvalue weighted by Gasteiger charge is 2.14. The van der Waals surface area contributed by atoms with Gasteiger partial charge in [0.15, 0.2) is 5.16 Å². The molecule has 6 heteroatoms. The molecule has 0 aliphatic carbocycles. The number of halogens is 2. The smallest absolute Gasteiger partial charge is 0.266 e. The highest BCUT2D eigenvalue weighted by molar-refractivity contribution is 7.98. The number of nitrogens with zero attached hydrogens (tertiary/aromatic N) is 2. The van der Waals surface area contributed by atoms with Gasteiger partial charge in [-0.15, -0.1) is 0 Å². The Morgan fingerprint density at radius 3 is 2.44 bits per heavy atom. The van der Waals surface area contributed by atoms with Gasteiger partial charge in [-0.1, -0.05) is 48.2 Å². The number of hydrogen-bond acceptors (Lipinski definition) is 3. The lowest BCUT2D eigenvalue weighted by molar-refractivity contribution is 0.617. The third-order valence-electron chi connectivity index (χ3n) is 4.13. The zero-order chi connectivity index (χ0) is 18.8. The first-order chi connectivity index (χ1) is 13.1. The predicted octanol–water partition coefficient (Wildman–Crippen LogP) is 4.96. The van der Waals surface area contributed by atoms with E-state index >= 15 is 0 Å². The van der Waals surface area contributed by atoms with Crippen molar-refractivity contribution in [2.24, 2.45) is 0 Å². The topological polar surface area (TPSA) is 34.9 Å². The van der Waals surface area contributed by atoms with Crippen molar-refractivity contribution in [3.8, 4) is 5.69 Å². The molecule has 3 aromatic carbocycles. The van der Waals surface area contributed by atoms with E-state index in [2.05, 4.69) is 4.98 Å². The molecule has 134 valence electrons.